The zero-order valence-corrected chi connectivity index (χ0v) is 11.0. The van der Waals surface area contributed by atoms with Crippen LogP contribution in [0, 0.1) is 0 Å². The number of rotatable bonds is 5. The second kappa shape index (κ2) is 6.67. The van der Waals surface area contributed by atoms with Gasteiger partial charge in [-0.3, -0.25) is 4.99 Å². The van der Waals surface area contributed by atoms with Crippen molar-refractivity contribution in [3.05, 3.63) is 11.6 Å². The van der Waals surface area contributed by atoms with E-state index in [1.54, 1.807) is 5.57 Å². The quantitative estimate of drug-likeness (QED) is 0.436. The minimum atomic E-state index is 0.682. The van der Waals surface area contributed by atoms with Gasteiger partial charge >= 0.3 is 0 Å². The molecule has 0 aromatic carbocycles. The van der Waals surface area contributed by atoms with Gasteiger partial charge in [-0.05, 0) is 51.9 Å². The number of hydrogen-bond donors (Lipinski definition) is 2. The Balaban J connectivity index is 1.73. The van der Waals surface area contributed by atoms with E-state index < -0.39 is 0 Å². The van der Waals surface area contributed by atoms with Crippen LogP contribution in [-0.4, -0.2) is 25.1 Å². The van der Waals surface area contributed by atoms with E-state index in [0.29, 0.717) is 6.04 Å². The third-order valence-corrected chi connectivity index (χ3v) is 3.35. The first-order chi connectivity index (χ1) is 8.38. The first-order valence-electron chi connectivity index (χ1n) is 7.11. The van der Waals surface area contributed by atoms with Crippen molar-refractivity contribution in [1.29, 1.82) is 0 Å². The highest BCUT2D eigenvalue weighted by atomic mass is 15.2. The minimum Gasteiger partial charge on any atom is -0.357 e. The Kier molecular flexibility index (Phi) is 4.89. The van der Waals surface area contributed by atoms with Crippen LogP contribution in [-0.2, 0) is 0 Å². The van der Waals surface area contributed by atoms with Gasteiger partial charge in [-0.1, -0.05) is 11.6 Å². The second-order valence-electron chi connectivity index (χ2n) is 5.04. The van der Waals surface area contributed by atoms with Gasteiger partial charge in [0.2, 0.25) is 0 Å². The number of nitrogens with one attached hydrogen (secondary N) is 2. The van der Waals surface area contributed by atoms with E-state index in [0.717, 1.165) is 25.5 Å². The molecule has 0 aliphatic heterocycles. The fourth-order valence-corrected chi connectivity index (χ4v) is 2.18. The van der Waals surface area contributed by atoms with Crippen LogP contribution < -0.4 is 10.6 Å². The van der Waals surface area contributed by atoms with Crippen molar-refractivity contribution >= 4 is 5.96 Å². The lowest BCUT2D eigenvalue weighted by Crippen LogP contribution is -2.38. The summed E-state index contributed by atoms with van der Waals surface area (Å²) in [4.78, 5) is 4.64. The lowest BCUT2D eigenvalue weighted by Gasteiger charge is -2.13. The minimum absolute atomic E-state index is 0.682. The summed E-state index contributed by atoms with van der Waals surface area (Å²) in [6.07, 6.45) is 11.5. The number of guanidine groups is 1. The van der Waals surface area contributed by atoms with Crippen LogP contribution in [0.1, 0.15) is 51.9 Å². The molecule has 0 aromatic rings. The molecule has 0 spiro atoms. The summed E-state index contributed by atoms with van der Waals surface area (Å²) in [5.41, 5.74) is 1.61. The Morgan fingerprint density at radius 1 is 1.41 bits per heavy atom. The molecule has 17 heavy (non-hydrogen) atoms. The highest BCUT2D eigenvalue weighted by Crippen LogP contribution is 2.20. The topological polar surface area (TPSA) is 36.4 Å². The molecule has 1 saturated carbocycles. The van der Waals surface area contributed by atoms with Crippen molar-refractivity contribution in [1.82, 2.24) is 10.6 Å². The van der Waals surface area contributed by atoms with Crippen molar-refractivity contribution in [2.24, 2.45) is 4.99 Å². The molecule has 2 N–H and O–H groups in total. The van der Waals surface area contributed by atoms with Crippen molar-refractivity contribution in [3.8, 4) is 0 Å². The molecule has 0 aromatic heterocycles. The molecule has 0 atom stereocenters. The van der Waals surface area contributed by atoms with Crippen LogP contribution in [0.25, 0.3) is 0 Å². The molecule has 0 saturated heterocycles. The summed E-state index contributed by atoms with van der Waals surface area (Å²) in [5.74, 6) is 1.01. The monoisotopic (exact) mass is 235 g/mol. The van der Waals surface area contributed by atoms with Crippen molar-refractivity contribution in [3.63, 3.8) is 0 Å². The molecule has 2 aliphatic rings. The highest BCUT2D eigenvalue weighted by molar-refractivity contribution is 5.80. The summed E-state index contributed by atoms with van der Waals surface area (Å²) in [6, 6.07) is 0.682. The maximum atomic E-state index is 4.64. The largest absolute Gasteiger partial charge is 0.357 e. The highest BCUT2D eigenvalue weighted by Gasteiger charge is 2.21. The summed E-state index contributed by atoms with van der Waals surface area (Å²) in [5, 5.41) is 6.76. The van der Waals surface area contributed by atoms with E-state index in [-0.39, 0.29) is 0 Å². The third-order valence-electron chi connectivity index (χ3n) is 3.35. The predicted molar refractivity (Wildman–Crippen MR) is 73.3 cm³/mol. The van der Waals surface area contributed by atoms with E-state index >= 15 is 0 Å². The lowest BCUT2D eigenvalue weighted by molar-refractivity contribution is 0.675. The number of hydrogen-bond acceptors (Lipinski definition) is 1. The Labute approximate surface area is 105 Å². The van der Waals surface area contributed by atoms with Gasteiger partial charge in [0.25, 0.3) is 0 Å². The fraction of sp³-hybridized carbons (Fsp3) is 0.786. The third kappa shape index (κ3) is 4.80. The van der Waals surface area contributed by atoms with Crippen molar-refractivity contribution in [2.75, 3.05) is 13.1 Å². The number of nitrogens with zero attached hydrogens (tertiary/aromatic N) is 1. The standard InChI is InChI=1S/C14H25N3/c1-2-15-14(17-13-8-9-13)16-11-10-12-6-4-3-5-7-12/h6,13H,2-5,7-11H2,1H3,(H2,15,16,17). The maximum absolute atomic E-state index is 4.64. The molecular weight excluding hydrogens is 210 g/mol. The van der Waals surface area contributed by atoms with E-state index in [4.69, 9.17) is 0 Å². The van der Waals surface area contributed by atoms with Gasteiger partial charge in [-0.25, -0.2) is 0 Å². The lowest BCUT2D eigenvalue weighted by atomic mass is 9.97. The second-order valence-corrected chi connectivity index (χ2v) is 5.04. The van der Waals surface area contributed by atoms with Gasteiger partial charge in [0.15, 0.2) is 5.96 Å². The van der Waals surface area contributed by atoms with Gasteiger partial charge in [0.05, 0.1) is 0 Å². The first kappa shape index (κ1) is 12.5. The maximum Gasteiger partial charge on any atom is 0.191 e. The molecule has 0 radical (unpaired) electrons. The summed E-state index contributed by atoms with van der Waals surface area (Å²) in [6.45, 7) is 3.99. The van der Waals surface area contributed by atoms with Crippen LogP contribution in [0.15, 0.2) is 16.6 Å². The molecular formula is C14H25N3. The molecule has 96 valence electrons. The van der Waals surface area contributed by atoms with Crippen LogP contribution >= 0.6 is 0 Å². The fourth-order valence-electron chi connectivity index (χ4n) is 2.18. The van der Waals surface area contributed by atoms with Crippen molar-refractivity contribution in [2.45, 2.75) is 57.9 Å². The Hall–Kier alpha value is -0.990. The average molecular weight is 235 g/mol. The van der Waals surface area contributed by atoms with Gasteiger partial charge in [0.1, 0.15) is 0 Å². The molecule has 3 nitrogen and oxygen atoms in total. The molecule has 0 bridgehead atoms. The SMILES string of the molecule is CCNC(=NCCC1=CCCCC1)NC1CC1. The smallest absolute Gasteiger partial charge is 0.191 e. The molecule has 0 amide bonds. The molecule has 2 aliphatic carbocycles. The van der Waals surface area contributed by atoms with Crippen LogP contribution in [0.5, 0.6) is 0 Å². The Bertz CT molecular complexity index is 290. The van der Waals surface area contributed by atoms with Gasteiger partial charge < -0.3 is 10.6 Å². The van der Waals surface area contributed by atoms with Crippen molar-refractivity contribution < 1.29 is 0 Å². The first-order valence-corrected chi connectivity index (χ1v) is 7.11. The normalized spacial score (nSPS) is 21.0. The predicted octanol–water partition coefficient (Wildman–Crippen LogP) is 2.59. The summed E-state index contributed by atoms with van der Waals surface area (Å²) < 4.78 is 0. The van der Waals surface area contributed by atoms with Crippen LogP contribution in [0.2, 0.25) is 0 Å². The Morgan fingerprint density at radius 3 is 2.94 bits per heavy atom. The molecule has 3 heteroatoms. The van der Waals surface area contributed by atoms with E-state index in [1.807, 2.05) is 0 Å². The zero-order chi connectivity index (χ0) is 11.9. The average Bonchev–Trinajstić information content (AvgIpc) is 3.15. The molecule has 2 rings (SSSR count). The molecule has 1 fully saturated rings. The van der Waals surface area contributed by atoms with E-state index in [1.165, 1.54) is 38.5 Å². The summed E-state index contributed by atoms with van der Waals surface area (Å²) in [7, 11) is 0. The van der Waals surface area contributed by atoms with Gasteiger partial charge in [0, 0.05) is 19.1 Å². The van der Waals surface area contributed by atoms with E-state index in [2.05, 4.69) is 28.6 Å². The van der Waals surface area contributed by atoms with Crippen LogP contribution in [0.4, 0.5) is 0 Å². The van der Waals surface area contributed by atoms with E-state index in [9.17, 15) is 0 Å². The molecule has 0 heterocycles. The summed E-state index contributed by atoms with van der Waals surface area (Å²) >= 11 is 0. The zero-order valence-electron chi connectivity index (χ0n) is 11.0. The molecule has 0 unspecified atom stereocenters. The van der Waals surface area contributed by atoms with Gasteiger partial charge in [-0.2, -0.15) is 0 Å². The number of aliphatic imine (C=N–C) groups is 1. The van der Waals surface area contributed by atoms with Crippen LogP contribution in [0.3, 0.4) is 0 Å². The van der Waals surface area contributed by atoms with Gasteiger partial charge in [-0.15, -0.1) is 0 Å². The number of allylic oxidation sites excluding steroid dienone is 1. The Morgan fingerprint density at radius 2 is 2.29 bits per heavy atom.